The van der Waals surface area contributed by atoms with Gasteiger partial charge in [-0.25, -0.2) is 4.57 Å². The number of nitrogens with zero attached hydrogens (tertiary/aromatic N) is 1. The van der Waals surface area contributed by atoms with Gasteiger partial charge in [-0.05, 0) is 25.3 Å². The van der Waals surface area contributed by atoms with Crippen LogP contribution in [0.15, 0.2) is 36.7 Å². The van der Waals surface area contributed by atoms with Gasteiger partial charge in [-0.2, -0.15) is 0 Å². The number of hydrogen-bond acceptors (Lipinski definition) is 3. The van der Waals surface area contributed by atoms with E-state index < -0.39 is 12.1 Å². The number of hydrogen-bond donors (Lipinski definition) is 3. The summed E-state index contributed by atoms with van der Waals surface area (Å²) in [4.78, 5) is 12.7. The number of nitrogens with one attached hydrogen (secondary N) is 1. The molecule has 0 unspecified atom stereocenters. The van der Waals surface area contributed by atoms with Crippen molar-refractivity contribution in [2.75, 3.05) is 6.61 Å². The lowest BCUT2D eigenvalue weighted by molar-refractivity contribution is -0.697. The van der Waals surface area contributed by atoms with E-state index in [4.69, 9.17) is 0 Å². The lowest BCUT2D eigenvalue weighted by Gasteiger charge is -2.19. The van der Waals surface area contributed by atoms with Crippen LogP contribution in [-0.2, 0) is 6.54 Å². The van der Waals surface area contributed by atoms with Crippen molar-refractivity contribution >= 4 is 5.91 Å². The Bertz CT molecular complexity index is 707. The largest absolute Gasteiger partial charge is 0.394 e. The first-order chi connectivity index (χ1) is 18.1. The Labute approximate surface area is 227 Å². The number of aliphatic hydroxyl groups excluding tert-OH is 2. The summed E-state index contributed by atoms with van der Waals surface area (Å²) < 4.78 is 2.05. The van der Waals surface area contributed by atoms with Gasteiger partial charge in [-0.3, -0.25) is 4.79 Å². The summed E-state index contributed by atoms with van der Waals surface area (Å²) in [5.41, 5.74) is 0.545. The van der Waals surface area contributed by atoms with E-state index in [1.807, 2.05) is 29.1 Å². The molecular formula is C32H57N2O3+. The van der Waals surface area contributed by atoms with E-state index in [9.17, 15) is 15.0 Å². The molecule has 0 aliphatic carbocycles. The molecule has 1 aromatic rings. The Morgan fingerprint density at radius 3 is 1.97 bits per heavy atom. The molecule has 37 heavy (non-hydrogen) atoms. The molecule has 2 atom stereocenters. The van der Waals surface area contributed by atoms with Crippen molar-refractivity contribution in [2.24, 2.45) is 0 Å². The summed E-state index contributed by atoms with van der Waals surface area (Å²) >= 11 is 0. The van der Waals surface area contributed by atoms with Crippen LogP contribution in [0.25, 0.3) is 0 Å². The van der Waals surface area contributed by atoms with Crippen LogP contribution in [0.3, 0.4) is 0 Å². The third-order valence-corrected chi connectivity index (χ3v) is 7.12. The van der Waals surface area contributed by atoms with Crippen LogP contribution in [0, 0.1) is 0 Å². The minimum atomic E-state index is -0.902. The number of aromatic nitrogens is 1. The second-order valence-corrected chi connectivity index (χ2v) is 10.6. The number of allylic oxidation sites excluding steroid dienone is 1. The van der Waals surface area contributed by atoms with Gasteiger partial charge in [0.25, 0.3) is 5.91 Å². The van der Waals surface area contributed by atoms with E-state index in [0.29, 0.717) is 5.56 Å². The molecule has 1 rings (SSSR count). The average Bonchev–Trinajstić information content (AvgIpc) is 2.91. The van der Waals surface area contributed by atoms with Gasteiger partial charge in [0.1, 0.15) is 12.1 Å². The lowest BCUT2D eigenvalue weighted by Crippen LogP contribution is -2.45. The lowest BCUT2D eigenvalue weighted by atomic mass is 10.0. The van der Waals surface area contributed by atoms with E-state index in [2.05, 4.69) is 19.2 Å². The predicted molar refractivity (Wildman–Crippen MR) is 155 cm³/mol. The molecule has 0 spiro atoms. The van der Waals surface area contributed by atoms with E-state index in [0.717, 1.165) is 25.8 Å². The molecule has 1 heterocycles. The summed E-state index contributed by atoms with van der Waals surface area (Å²) in [7, 11) is 0. The van der Waals surface area contributed by atoms with Crippen molar-refractivity contribution in [3.05, 3.63) is 42.2 Å². The molecule has 1 amide bonds. The van der Waals surface area contributed by atoms with Crippen LogP contribution in [0.1, 0.15) is 140 Å². The van der Waals surface area contributed by atoms with Crippen molar-refractivity contribution in [2.45, 2.75) is 148 Å². The van der Waals surface area contributed by atoms with E-state index >= 15 is 0 Å². The van der Waals surface area contributed by atoms with Gasteiger partial charge in [0.05, 0.1) is 18.8 Å². The van der Waals surface area contributed by atoms with Crippen molar-refractivity contribution in [1.82, 2.24) is 5.32 Å². The highest BCUT2D eigenvalue weighted by molar-refractivity contribution is 5.93. The zero-order valence-corrected chi connectivity index (χ0v) is 24.0. The molecule has 212 valence electrons. The van der Waals surface area contributed by atoms with Gasteiger partial charge in [0.2, 0.25) is 0 Å². The molecule has 0 aliphatic heterocycles. The van der Waals surface area contributed by atoms with Gasteiger partial charge in [0, 0.05) is 12.5 Å². The standard InChI is InChI=1S/C32H56N2O3/c1-3-5-7-9-11-12-13-14-15-16-17-18-20-24-31(36)30(28-35)33-32(37)29-23-22-26-34(27-29)25-21-19-10-8-6-4-2/h20,22-24,26-27,30-31,35-36H,3-19,21,25,28H2,1-2H3/p+1/b24-20+/t30-,31-/m1/s1. The van der Waals surface area contributed by atoms with Gasteiger partial charge in [-0.1, -0.05) is 116 Å². The molecular weight excluding hydrogens is 460 g/mol. The molecule has 0 fully saturated rings. The molecule has 0 saturated carbocycles. The third-order valence-electron chi connectivity index (χ3n) is 7.12. The van der Waals surface area contributed by atoms with Gasteiger partial charge < -0.3 is 15.5 Å². The fourth-order valence-electron chi connectivity index (χ4n) is 4.66. The van der Waals surface area contributed by atoms with Crippen LogP contribution in [0.2, 0.25) is 0 Å². The fourth-order valence-corrected chi connectivity index (χ4v) is 4.66. The monoisotopic (exact) mass is 517 g/mol. The fraction of sp³-hybridized carbons (Fsp3) is 0.750. The maximum absolute atomic E-state index is 12.7. The Morgan fingerprint density at radius 2 is 1.41 bits per heavy atom. The molecule has 0 radical (unpaired) electrons. The normalized spacial score (nSPS) is 13.2. The summed E-state index contributed by atoms with van der Waals surface area (Å²) in [6, 6.07) is 2.94. The van der Waals surface area contributed by atoms with Crippen LogP contribution in [0.4, 0.5) is 0 Å². The van der Waals surface area contributed by atoms with Crippen molar-refractivity contribution in [3.63, 3.8) is 0 Å². The quantitative estimate of drug-likeness (QED) is 0.0782. The van der Waals surface area contributed by atoms with E-state index in [-0.39, 0.29) is 12.5 Å². The Morgan fingerprint density at radius 1 is 0.865 bits per heavy atom. The van der Waals surface area contributed by atoms with Crippen LogP contribution < -0.4 is 9.88 Å². The maximum atomic E-state index is 12.7. The molecule has 0 aliphatic rings. The Balaban J connectivity index is 2.25. The minimum Gasteiger partial charge on any atom is -0.394 e. The number of carbonyl (C=O) groups excluding carboxylic acids is 1. The summed E-state index contributed by atoms with van der Waals surface area (Å²) in [5.74, 6) is -0.269. The molecule has 0 aromatic carbocycles. The number of pyridine rings is 1. The zero-order valence-electron chi connectivity index (χ0n) is 24.0. The molecule has 5 nitrogen and oxygen atoms in total. The predicted octanol–water partition coefficient (Wildman–Crippen LogP) is 7.04. The summed E-state index contributed by atoms with van der Waals surface area (Å²) in [5, 5.41) is 23.0. The first-order valence-electron chi connectivity index (χ1n) is 15.4. The number of amides is 1. The SMILES string of the molecule is CCCCCCCCCCCCC/C=C/[C@@H](O)[C@@H](CO)NC(=O)c1ccc[n+](CCCCCCCC)c1. The second kappa shape index (κ2) is 23.4. The number of aliphatic hydroxyl groups is 2. The van der Waals surface area contributed by atoms with Crippen molar-refractivity contribution < 1.29 is 19.6 Å². The molecule has 5 heteroatoms. The molecule has 1 aromatic heterocycles. The summed E-state index contributed by atoms with van der Waals surface area (Å²) in [6.45, 7) is 5.07. The summed E-state index contributed by atoms with van der Waals surface area (Å²) in [6.07, 6.45) is 29.4. The highest BCUT2D eigenvalue weighted by atomic mass is 16.3. The van der Waals surface area contributed by atoms with Crippen LogP contribution in [-0.4, -0.2) is 34.9 Å². The van der Waals surface area contributed by atoms with Gasteiger partial charge in [-0.15, -0.1) is 0 Å². The smallest absolute Gasteiger partial charge is 0.257 e. The molecule has 3 N–H and O–H groups in total. The zero-order chi connectivity index (χ0) is 27.0. The Kier molecular flexibility index (Phi) is 21.1. The topological polar surface area (TPSA) is 73.4 Å². The number of carbonyl (C=O) groups is 1. The Hall–Kier alpha value is -1.72. The first-order valence-corrected chi connectivity index (χ1v) is 15.4. The second-order valence-electron chi connectivity index (χ2n) is 10.6. The highest BCUT2D eigenvalue weighted by Gasteiger charge is 2.20. The minimum absolute atomic E-state index is 0.269. The van der Waals surface area contributed by atoms with Crippen LogP contribution in [0.5, 0.6) is 0 Å². The third kappa shape index (κ3) is 17.4. The molecule has 0 saturated heterocycles. The maximum Gasteiger partial charge on any atom is 0.257 e. The van der Waals surface area contributed by atoms with E-state index in [1.165, 1.54) is 96.3 Å². The van der Waals surface area contributed by atoms with Gasteiger partial charge in [0.15, 0.2) is 12.4 Å². The number of aryl methyl sites for hydroxylation is 1. The average molecular weight is 518 g/mol. The van der Waals surface area contributed by atoms with E-state index in [1.54, 1.807) is 12.1 Å². The number of unbranched alkanes of at least 4 members (excludes halogenated alkanes) is 16. The van der Waals surface area contributed by atoms with Crippen molar-refractivity contribution in [1.29, 1.82) is 0 Å². The first kappa shape index (κ1) is 33.3. The van der Waals surface area contributed by atoms with Crippen molar-refractivity contribution in [3.8, 4) is 0 Å². The van der Waals surface area contributed by atoms with Crippen LogP contribution >= 0.6 is 0 Å². The highest BCUT2D eigenvalue weighted by Crippen LogP contribution is 2.12. The molecule has 0 bridgehead atoms. The van der Waals surface area contributed by atoms with Gasteiger partial charge >= 0.3 is 0 Å². The number of rotatable bonds is 24.